The molecular formula is C22H16FN3O5S. The zero-order valence-corrected chi connectivity index (χ0v) is 17.3. The number of halogens is 1. The number of hydrogen-bond donors (Lipinski definition) is 1. The highest BCUT2D eigenvalue weighted by Crippen LogP contribution is 2.14. The first-order valence-corrected chi connectivity index (χ1v) is 10.3. The van der Waals surface area contributed by atoms with Crippen molar-refractivity contribution in [2.45, 2.75) is 6.61 Å². The Balaban J connectivity index is 1.29. The fourth-order valence-corrected chi connectivity index (χ4v) is 3.49. The van der Waals surface area contributed by atoms with Gasteiger partial charge in [-0.15, -0.1) is 11.3 Å². The van der Waals surface area contributed by atoms with Crippen LogP contribution in [0.3, 0.4) is 0 Å². The van der Waals surface area contributed by atoms with Crippen LogP contribution < -0.4 is 15.6 Å². The van der Waals surface area contributed by atoms with Gasteiger partial charge in [0, 0.05) is 23.3 Å². The lowest BCUT2D eigenvalue weighted by Crippen LogP contribution is -2.20. The van der Waals surface area contributed by atoms with Gasteiger partial charge in [0.05, 0.1) is 11.3 Å². The van der Waals surface area contributed by atoms with Crippen LogP contribution in [-0.4, -0.2) is 27.9 Å². The number of anilines is 1. The van der Waals surface area contributed by atoms with Crippen molar-refractivity contribution in [3.8, 4) is 5.75 Å². The van der Waals surface area contributed by atoms with E-state index in [0.717, 1.165) is 0 Å². The fourth-order valence-electron chi connectivity index (χ4n) is 2.75. The SMILES string of the molecule is O=C(COc1ccc(F)cc1)Nc1ccc(C(=O)OCc2cc(=O)n3ccsc3n2)cc1. The summed E-state index contributed by atoms with van der Waals surface area (Å²) in [6.07, 6.45) is 1.63. The van der Waals surface area contributed by atoms with Crippen LogP contribution in [0.25, 0.3) is 4.96 Å². The molecule has 0 aliphatic rings. The van der Waals surface area contributed by atoms with Crippen molar-refractivity contribution in [3.05, 3.63) is 93.6 Å². The highest BCUT2D eigenvalue weighted by atomic mass is 32.1. The summed E-state index contributed by atoms with van der Waals surface area (Å²) >= 11 is 1.31. The van der Waals surface area contributed by atoms with Gasteiger partial charge in [-0.3, -0.25) is 14.0 Å². The van der Waals surface area contributed by atoms with Crippen LogP contribution in [0.5, 0.6) is 5.75 Å². The zero-order chi connectivity index (χ0) is 22.5. The quantitative estimate of drug-likeness (QED) is 0.431. The number of esters is 1. The predicted octanol–water partition coefficient (Wildman–Crippen LogP) is 3.27. The highest BCUT2D eigenvalue weighted by Gasteiger charge is 2.11. The fraction of sp³-hybridized carbons (Fsp3) is 0.0909. The molecule has 0 fully saturated rings. The van der Waals surface area contributed by atoms with E-state index in [1.165, 1.54) is 58.2 Å². The Bertz CT molecular complexity index is 1320. The third-order valence-electron chi connectivity index (χ3n) is 4.30. The lowest BCUT2D eigenvalue weighted by molar-refractivity contribution is -0.118. The number of hydrogen-bond acceptors (Lipinski definition) is 7. The zero-order valence-electron chi connectivity index (χ0n) is 16.5. The summed E-state index contributed by atoms with van der Waals surface area (Å²) < 4.78 is 24.8. The molecule has 0 atom stereocenters. The van der Waals surface area contributed by atoms with E-state index in [2.05, 4.69) is 10.3 Å². The average molecular weight is 453 g/mol. The van der Waals surface area contributed by atoms with Crippen LogP contribution >= 0.6 is 11.3 Å². The van der Waals surface area contributed by atoms with Gasteiger partial charge < -0.3 is 14.8 Å². The number of amides is 1. The van der Waals surface area contributed by atoms with Gasteiger partial charge in [0.15, 0.2) is 11.6 Å². The molecule has 4 rings (SSSR count). The van der Waals surface area contributed by atoms with Gasteiger partial charge in [-0.25, -0.2) is 14.2 Å². The van der Waals surface area contributed by atoms with Gasteiger partial charge in [-0.1, -0.05) is 0 Å². The molecule has 10 heteroatoms. The molecule has 0 saturated carbocycles. The number of rotatable bonds is 7. The molecular weight excluding hydrogens is 437 g/mol. The number of fused-ring (bicyclic) bond motifs is 1. The maximum absolute atomic E-state index is 12.9. The van der Waals surface area contributed by atoms with Crippen molar-refractivity contribution in [1.82, 2.24) is 9.38 Å². The Morgan fingerprint density at radius 3 is 2.59 bits per heavy atom. The molecule has 2 aromatic heterocycles. The first-order valence-electron chi connectivity index (χ1n) is 9.39. The van der Waals surface area contributed by atoms with Gasteiger partial charge in [-0.05, 0) is 48.5 Å². The van der Waals surface area contributed by atoms with Crippen LogP contribution in [0.4, 0.5) is 10.1 Å². The van der Waals surface area contributed by atoms with Gasteiger partial charge >= 0.3 is 5.97 Å². The second-order valence-corrected chi connectivity index (χ2v) is 7.46. The predicted molar refractivity (Wildman–Crippen MR) is 115 cm³/mol. The minimum atomic E-state index is -0.587. The normalized spacial score (nSPS) is 10.7. The topological polar surface area (TPSA) is 99.0 Å². The number of benzene rings is 2. The van der Waals surface area contributed by atoms with Crippen LogP contribution in [0, 0.1) is 5.82 Å². The summed E-state index contributed by atoms with van der Waals surface area (Å²) in [6, 6.07) is 12.7. The minimum Gasteiger partial charge on any atom is -0.484 e. The second kappa shape index (κ2) is 9.40. The van der Waals surface area contributed by atoms with E-state index < -0.39 is 17.7 Å². The molecule has 32 heavy (non-hydrogen) atoms. The average Bonchev–Trinajstić information content (AvgIpc) is 3.27. The van der Waals surface area contributed by atoms with Crippen molar-refractivity contribution in [2.24, 2.45) is 0 Å². The minimum absolute atomic E-state index is 0.137. The number of aromatic nitrogens is 2. The summed E-state index contributed by atoms with van der Waals surface area (Å²) in [6.45, 7) is -0.390. The van der Waals surface area contributed by atoms with Gasteiger partial charge in [0.1, 0.15) is 18.2 Å². The standard InChI is InChI=1S/C22H16FN3O5S/c23-15-3-7-18(8-4-15)30-13-19(27)24-16-5-1-14(2-6-16)21(29)31-12-17-11-20(28)26-9-10-32-22(26)25-17/h1-11H,12-13H2,(H,24,27). The lowest BCUT2D eigenvalue weighted by Gasteiger charge is -2.08. The molecule has 2 heterocycles. The van der Waals surface area contributed by atoms with E-state index >= 15 is 0 Å². The Morgan fingerprint density at radius 2 is 1.84 bits per heavy atom. The van der Waals surface area contributed by atoms with Gasteiger partial charge in [0.25, 0.3) is 11.5 Å². The number of carbonyl (C=O) groups is 2. The highest BCUT2D eigenvalue weighted by molar-refractivity contribution is 7.15. The molecule has 0 aliphatic carbocycles. The summed E-state index contributed by atoms with van der Waals surface area (Å²) in [4.78, 5) is 41.0. The molecule has 0 saturated heterocycles. The van der Waals surface area contributed by atoms with Crippen molar-refractivity contribution in [3.63, 3.8) is 0 Å². The summed E-state index contributed by atoms with van der Waals surface area (Å²) in [5, 5.41) is 4.38. The molecule has 0 bridgehead atoms. The van der Waals surface area contributed by atoms with E-state index in [1.54, 1.807) is 23.7 Å². The van der Waals surface area contributed by atoms with E-state index in [4.69, 9.17) is 9.47 Å². The molecule has 0 unspecified atom stereocenters. The monoisotopic (exact) mass is 453 g/mol. The Labute approximate surface area is 184 Å². The molecule has 0 aliphatic heterocycles. The molecule has 2 aromatic carbocycles. The van der Waals surface area contributed by atoms with E-state index in [1.807, 2.05) is 0 Å². The first-order chi connectivity index (χ1) is 15.5. The third-order valence-corrected chi connectivity index (χ3v) is 5.05. The van der Waals surface area contributed by atoms with E-state index in [0.29, 0.717) is 22.1 Å². The second-order valence-electron chi connectivity index (χ2n) is 6.59. The van der Waals surface area contributed by atoms with Crippen molar-refractivity contribution < 1.29 is 23.5 Å². The van der Waals surface area contributed by atoms with Crippen LogP contribution in [0.2, 0.25) is 0 Å². The molecule has 8 nitrogen and oxygen atoms in total. The molecule has 162 valence electrons. The smallest absolute Gasteiger partial charge is 0.338 e. The maximum atomic E-state index is 12.9. The number of nitrogens with zero attached hydrogens (tertiary/aromatic N) is 2. The Hall–Kier alpha value is -4.05. The van der Waals surface area contributed by atoms with Crippen LogP contribution in [0.1, 0.15) is 16.1 Å². The van der Waals surface area contributed by atoms with Gasteiger partial charge in [0.2, 0.25) is 0 Å². The van der Waals surface area contributed by atoms with Gasteiger partial charge in [-0.2, -0.15) is 0 Å². The number of thiazole rings is 1. The maximum Gasteiger partial charge on any atom is 0.338 e. The Morgan fingerprint density at radius 1 is 1.09 bits per heavy atom. The largest absolute Gasteiger partial charge is 0.484 e. The first kappa shape index (κ1) is 21.2. The van der Waals surface area contributed by atoms with Crippen LogP contribution in [0.15, 0.2) is 71.0 Å². The molecule has 4 aromatic rings. The summed E-state index contributed by atoms with van der Waals surface area (Å²) in [5.41, 5.74) is 0.855. The molecule has 1 N–H and O–H groups in total. The molecule has 0 spiro atoms. The molecule has 1 amide bonds. The van der Waals surface area contributed by atoms with E-state index in [9.17, 15) is 18.8 Å². The van der Waals surface area contributed by atoms with Crippen molar-refractivity contribution in [1.29, 1.82) is 0 Å². The number of ether oxygens (including phenoxy) is 2. The lowest BCUT2D eigenvalue weighted by atomic mass is 10.2. The third kappa shape index (κ3) is 5.16. The number of carbonyl (C=O) groups excluding carboxylic acids is 2. The van der Waals surface area contributed by atoms with Crippen molar-refractivity contribution in [2.75, 3.05) is 11.9 Å². The summed E-state index contributed by atoms with van der Waals surface area (Å²) in [5.74, 6) is -1.02. The number of nitrogens with one attached hydrogen (secondary N) is 1. The Kier molecular flexibility index (Phi) is 6.22. The van der Waals surface area contributed by atoms with E-state index in [-0.39, 0.29) is 24.3 Å². The molecule has 0 radical (unpaired) electrons. The van der Waals surface area contributed by atoms with Crippen LogP contribution in [-0.2, 0) is 16.1 Å². The van der Waals surface area contributed by atoms with Crippen molar-refractivity contribution >= 4 is 33.9 Å². The summed E-state index contributed by atoms with van der Waals surface area (Å²) in [7, 11) is 0.